The van der Waals surface area contributed by atoms with Gasteiger partial charge in [-0.3, -0.25) is 4.79 Å². The Labute approximate surface area is 186 Å². The molecule has 3 aromatic rings. The Hall–Kier alpha value is -3.25. The first-order valence-electron chi connectivity index (χ1n) is 10.4. The van der Waals surface area contributed by atoms with Crippen LogP contribution in [0.1, 0.15) is 5.56 Å². The smallest absolute Gasteiger partial charge is 0.286 e. The number of benzene rings is 3. The number of amides is 1. The third-order valence-corrected chi connectivity index (χ3v) is 6.72. The molecule has 1 saturated heterocycles. The molecule has 1 fully saturated rings. The van der Waals surface area contributed by atoms with Crippen molar-refractivity contribution in [2.45, 2.75) is 0 Å². The number of hydrogen-bond acceptors (Lipinski definition) is 5. The van der Waals surface area contributed by atoms with Crippen molar-refractivity contribution in [2.24, 2.45) is 4.99 Å². The number of amidine groups is 1. The zero-order valence-corrected chi connectivity index (χ0v) is 18.1. The Morgan fingerprint density at radius 3 is 2.39 bits per heavy atom. The first kappa shape index (κ1) is 19.7. The van der Waals surface area contributed by atoms with E-state index in [-0.39, 0.29) is 5.91 Å². The number of thioether (sulfide) groups is 1. The maximum Gasteiger partial charge on any atom is 0.286 e. The first-order valence-corrected chi connectivity index (χ1v) is 11.2. The molecule has 2 aliphatic heterocycles. The number of nitrogens with zero attached hydrogens (tertiary/aromatic N) is 3. The number of ether oxygens (including phenoxy) is 1. The van der Waals surface area contributed by atoms with Crippen LogP contribution in [-0.4, -0.2) is 49.3 Å². The molecule has 0 unspecified atom stereocenters. The third-order valence-electron chi connectivity index (χ3n) is 5.68. The summed E-state index contributed by atoms with van der Waals surface area (Å²) in [6.45, 7) is 3.49. The summed E-state index contributed by atoms with van der Waals surface area (Å²) in [6.07, 6.45) is 1.90. The molecule has 0 N–H and O–H groups in total. The summed E-state index contributed by atoms with van der Waals surface area (Å²) in [4.78, 5) is 22.1. The first-order chi connectivity index (χ1) is 15.2. The number of methoxy groups -OCH3 is 1. The van der Waals surface area contributed by atoms with E-state index in [4.69, 9.17) is 4.74 Å². The number of anilines is 1. The highest BCUT2D eigenvalue weighted by Gasteiger charge is 2.28. The van der Waals surface area contributed by atoms with Gasteiger partial charge >= 0.3 is 0 Å². The quantitative estimate of drug-likeness (QED) is 0.568. The third kappa shape index (κ3) is 4.03. The van der Waals surface area contributed by atoms with Gasteiger partial charge in [0.05, 0.1) is 12.0 Å². The Bertz CT molecular complexity index is 1170. The predicted octanol–water partition coefficient (Wildman–Crippen LogP) is 4.64. The fourth-order valence-corrected chi connectivity index (χ4v) is 4.97. The number of fused-ring (bicyclic) bond motifs is 1. The lowest BCUT2D eigenvalue weighted by Crippen LogP contribution is -2.47. The molecule has 2 heterocycles. The summed E-state index contributed by atoms with van der Waals surface area (Å²) in [5.74, 6) is 0.640. The van der Waals surface area contributed by atoms with Crippen molar-refractivity contribution in [3.63, 3.8) is 0 Å². The van der Waals surface area contributed by atoms with Crippen molar-refractivity contribution < 1.29 is 9.53 Å². The van der Waals surface area contributed by atoms with Crippen LogP contribution in [0.5, 0.6) is 5.75 Å². The number of carbonyl (C=O) groups is 1. The lowest BCUT2D eigenvalue weighted by Gasteiger charge is -2.37. The monoisotopic (exact) mass is 429 g/mol. The summed E-state index contributed by atoms with van der Waals surface area (Å²) in [5, 5.41) is 3.35. The maximum atomic E-state index is 12.4. The summed E-state index contributed by atoms with van der Waals surface area (Å²) < 4.78 is 5.19. The lowest BCUT2D eigenvalue weighted by atomic mass is 10.1. The van der Waals surface area contributed by atoms with Crippen molar-refractivity contribution >= 4 is 45.4 Å². The van der Waals surface area contributed by atoms with Crippen LogP contribution in [0.25, 0.3) is 16.8 Å². The van der Waals surface area contributed by atoms with Crippen LogP contribution in [-0.2, 0) is 4.79 Å². The molecule has 0 aliphatic carbocycles. The standard InChI is InChI=1S/C25H23N3O2S/c1-30-20-11-9-18(10-12-20)17-23-24(29)26-25(31-23)28-15-13-27(14-16-28)22-8-4-6-19-5-2-3-7-21(19)22/h2-12,17H,13-16H2,1H3/b23-17+. The Morgan fingerprint density at radius 1 is 0.903 bits per heavy atom. The minimum atomic E-state index is -0.160. The molecule has 156 valence electrons. The van der Waals surface area contributed by atoms with Gasteiger partial charge in [-0.25, -0.2) is 0 Å². The molecule has 5 rings (SSSR count). The second-order valence-electron chi connectivity index (χ2n) is 7.56. The summed E-state index contributed by atoms with van der Waals surface area (Å²) >= 11 is 1.47. The molecular weight excluding hydrogens is 406 g/mol. The van der Waals surface area contributed by atoms with Crippen LogP contribution >= 0.6 is 11.8 Å². The Kier molecular flexibility index (Phi) is 5.38. The number of rotatable bonds is 3. The van der Waals surface area contributed by atoms with E-state index in [1.165, 1.54) is 28.2 Å². The highest BCUT2D eigenvalue weighted by Crippen LogP contribution is 2.32. The van der Waals surface area contributed by atoms with Crippen LogP contribution in [0.15, 0.2) is 76.6 Å². The number of hydrogen-bond donors (Lipinski definition) is 0. The van der Waals surface area contributed by atoms with Gasteiger partial charge in [0.2, 0.25) is 0 Å². The molecular formula is C25H23N3O2S. The second kappa shape index (κ2) is 8.47. The van der Waals surface area contributed by atoms with Gasteiger partial charge in [0.15, 0.2) is 5.17 Å². The molecule has 31 heavy (non-hydrogen) atoms. The van der Waals surface area contributed by atoms with E-state index in [0.29, 0.717) is 4.91 Å². The second-order valence-corrected chi connectivity index (χ2v) is 8.56. The highest BCUT2D eigenvalue weighted by atomic mass is 32.2. The molecule has 2 aliphatic rings. The van der Waals surface area contributed by atoms with Crippen LogP contribution in [0.4, 0.5) is 5.69 Å². The average Bonchev–Trinajstić information content (AvgIpc) is 3.19. The predicted molar refractivity (Wildman–Crippen MR) is 129 cm³/mol. The van der Waals surface area contributed by atoms with Gasteiger partial charge in [-0.15, -0.1) is 0 Å². The van der Waals surface area contributed by atoms with E-state index in [9.17, 15) is 4.79 Å². The van der Waals surface area contributed by atoms with Gasteiger partial charge in [-0.2, -0.15) is 4.99 Å². The van der Waals surface area contributed by atoms with Crippen molar-refractivity contribution in [3.05, 3.63) is 77.2 Å². The Morgan fingerprint density at radius 2 is 1.61 bits per heavy atom. The zero-order chi connectivity index (χ0) is 21.2. The molecule has 1 amide bonds. The van der Waals surface area contributed by atoms with Crippen molar-refractivity contribution in [1.29, 1.82) is 0 Å². The van der Waals surface area contributed by atoms with Gasteiger partial charge in [0, 0.05) is 37.3 Å². The van der Waals surface area contributed by atoms with Gasteiger partial charge in [0.25, 0.3) is 5.91 Å². The van der Waals surface area contributed by atoms with Crippen LogP contribution in [0.3, 0.4) is 0 Å². The molecule has 3 aromatic carbocycles. The van der Waals surface area contributed by atoms with Crippen molar-refractivity contribution in [1.82, 2.24) is 4.90 Å². The molecule has 0 atom stereocenters. The van der Waals surface area contributed by atoms with Crippen LogP contribution in [0.2, 0.25) is 0 Å². The Balaban J connectivity index is 1.26. The van der Waals surface area contributed by atoms with Crippen LogP contribution in [0, 0.1) is 0 Å². The van der Waals surface area contributed by atoms with E-state index in [1.54, 1.807) is 7.11 Å². The number of carbonyl (C=O) groups excluding carboxylic acids is 1. The van der Waals surface area contributed by atoms with E-state index < -0.39 is 0 Å². The highest BCUT2D eigenvalue weighted by molar-refractivity contribution is 8.18. The molecule has 0 saturated carbocycles. The molecule has 5 nitrogen and oxygen atoms in total. The van der Waals surface area contributed by atoms with Gasteiger partial charge in [-0.05, 0) is 47.0 Å². The van der Waals surface area contributed by atoms with E-state index in [0.717, 1.165) is 42.7 Å². The summed E-state index contributed by atoms with van der Waals surface area (Å²) in [7, 11) is 1.64. The largest absolute Gasteiger partial charge is 0.497 e. The van der Waals surface area contributed by atoms with E-state index in [1.807, 2.05) is 30.3 Å². The zero-order valence-electron chi connectivity index (χ0n) is 17.3. The van der Waals surface area contributed by atoms with Crippen LogP contribution < -0.4 is 9.64 Å². The normalized spacial score (nSPS) is 18.0. The molecule has 0 bridgehead atoms. The topological polar surface area (TPSA) is 45.1 Å². The summed E-state index contributed by atoms with van der Waals surface area (Å²) in [6, 6.07) is 22.7. The molecule has 0 aromatic heterocycles. The van der Waals surface area contributed by atoms with Crippen molar-refractivity contribution in [2.75, 3.05) is 38.2 Å². The minimum absolute atomic E-state index is 0.160. The maximum absolute atomic E-state index is 12.4. The van der Waals surface area contributed by atoms with Crippen molar-refractivity contribution in [3.8, 4) is 5.75 Å². The fourth-order valence-electron chi connectivity index (χ4n) is 4.01. The fraction of sp³-hybridized carbons (Fsp3) is 0.200. The van der Waals surface area contributed by atoms with E-state index >= 15 is 0 Å². The summed E-state index contributed by atoms with van der Waals surface area (Å²) in [5.41, 5.74) is 2.24. The van der Waals surface area contributed by atoms with Gasteiger partial charge < -0.3 is 14.5 Å². The minimum Gasteiger partial charge on any atom is -0.497 e. The molecule has 0 spiro atoms. The number of piperazine rings is 1. The van der Waals surface area contributed by atoms with Gasteiger partial charge in [0.1, 0.15) is 5.75 Å². The van der Waals surface area contributed by atoms with Gasteiger partial charge in [-0.1, -0.05) is 48.5 Å². The SMILES string of the molecule is COc1ccc(/C=C2/SC(N3CCN(c4cccc5ccccc45)CC3)=NC2=O)cc1. The number of aliphatic imine (C=N–C) groups is 1. The van der Waals surface area contributed by atoms with E-state index in [2.05, 4.69) is 57.3 Å². The molecule has 0 radical (unpaired) electrons. The average molecular weight is 430 g/mol. The lowest BCUT2D eigenvalue weighted by molar-refractivity contribution is -0.113. The molecule has 6 heteroatoms.